The molecule has 3 fully saturated rings. The Kier molecular flexibility index (Phi) is 7.30. The molecule has 0 radical (unpaired) electrons. The number of hydrogen-bond donors (Lipinski definition) is 1. The molecule has 4 heterocycles. The van der Waals surface area contributed by atoms with Gasteiger partial charge in [0, 0.05) is 70.4 Å². The highest BCUT2D eigenvalue weighted by Gasteiger charge is 2.35. The van der Waals surface area contributed by atoms with Gasteiger partial charge in [0.25, 0.3) is 0 Å². The van der Waals surface area contributed by atoms with Gasteiger partial charge in [-0.05, 0) is 43.2 Å². The van der Waals surface area contributed by atoms with Gasteiger partial charge in [0.05, 0.1) is 30.2 Å². The van der Waals surface area contributed by atoms with E-state index < -0.39 is 6.10 Å². The number of hydrogen-bond acceptors (Lipinski definition) is 6. The first kappa shape index (κ1) is 25.2. The van der Waals surface area contributed by atoms with E-state index >= 15 is 0 Å². The minimum absolute atomic E-state index is 0.0494. The topological polar surface area (TPSA) is 93.1 Å². The molecule has 2 saturated heterocycles. The van der Waals surface area contributed by atoms with Gasteiger partial charge in [-0.15, -0.1) is 0 Å². The summed E-state index contributed by atoms with van der Waals surface area (Å²) in [6.07, 6.45) is 8.02. The molecule has 0 bridgehead atoms. The van der Waals surface area contributed by atoms with Crippen molar-refractivity contribution in [2.45, 2.75) is 57.2 Å². The molecule has 0 unspecified atom stereocenters. The molecule has 1 atom stereocenters. The molecule has 38 heavy (non-hydrogen) atoms. The summed E-state index contributed by atoms with van der Waals surface area (Å²) in [6.45, 7) is 5.97. The van der Waals surface area contributed by atoms with Gasteiger partial charge in [0.1, 0.15) is 0 Å². The van der Waals surface area contributed by atoms with E-state index in [2.05, 4.69) is 39.1 Å². The number of fused-ring (bicyclic) bond motifs is 1. The highest BCUT2D eigenvalue weighted by molar-refractivity contribution is 5.81. The van der Waals surface area contributed by atoms with Crippen molar-refractivity contribution in [3.8, 4) is 0 Å². The molecule has 2 aromatic rings. The lowest BCUT2D eigenvalue weighted by Crippen LogP contribution is -2.43. The third kappa shape index (κ3) is 5.68. The summed E-state index contributed by atoms with van der Waals surface area (Å²) in [5.41, 5.74) is 4.48. The average molecular weight is 519 g/mol. The van der Waals surface area contributed by atoms with Gasteiger partial charge < -0.3 is 19.8 Å². The number of piperidine rings is 1. The summed E-state index contributed by atoms with van der Waals surface area (Å²) in [4.78, 5) is 42.4. The lowest BCUT2D eigenvalue weighted by molar-refractivity contribution is -0.133. The average Bonchev–Trinajstić information content (AvgIpc) is 3.75. The van der Waals surface area contributed by atoms with E-state index in [-0.39, 0.29) is 11.9 Å². The number of aliphatic hydroxyl groups excluding tert-OH is 1. The van der Waals surface area contributed by atoms with Crippen molar-refractivity contribution in [3.63, 3.8) is 0 Å². The Labute approximate surface area is 224 Å². The van der Waals surface area contributed by atoms with Gasteiger partial charge in [-0.25, -0.2) is 4.79 Å². The molecule has 3 aliphatic heterocycles. The maximum absolute atomic E-state index is 13.0. The van der Waals surface area contributed by atoms with E-state index in [1.165, 1.54) is 11.1 Å². The van der Waals surface area contributed by atoms with Crippen molar-refractivity contribution < 1.29 is 14.7 Å². The van der Waals surface area contributed by atoms with Gasteiger partial charge in [0.15, 0.2) is 0 Å². The molecule has 0 spiro atoms. The Hall–Kier alpha value is -3.04. The minimum Gasteiger partial charge on any atom is -0.390 e. The number of amides is 3. The molecule has 9 heteroatoms. The van der Waals surface area contributed by atoms with Crippen LogP contribution in [0.3, 0.4) is 0 Å². The fourth-order valence-electron chi connectivity index (χ4n) is 6.11. The lowest BCUT2D eigenvalue weighted by Gasteiger charge is -2.31. The number of aromatic nitrogens is 2. The van der Waals surface area contributed by atoms with Crippen LogP contribution in [0.15, 0.2) is 36.7 Å². The van der Waals surface area contributed by atoms with E-state index in [9.17, 15) is 14.7 Å². The Morgan fingerprint density at radius 1 is 0.921 bits per heavy atom. The zero-order valence-electron chi connectivity index (χ0n) is 22.0. The smallest absolute Gasteiger partial charge is 0.320 e. The second-order valence-corrected chi connectivity index (χ2v) is 11.4. The van der Waals surface area contributed by atoms with Gasteiger partial charge in [0.2, 0.25) is 5.91 Å². The highest BCUT2D eigenvalue weighted by atomic mass is 16.3. The zero-order chi connectivity index (χ0) is 26.1. The highest BCUT2D eigenvalue weighted by Crippen LogP contribution is 2.34. The standard InChI is InChI=1S/C29H38N6O3/c36-26(19-32-10-7-21-3-1-2-4-24(21)17-32)20-35-14-13-34(29(35)38)18-25-15-31-27(16-30-25)22-8-11-33(12-9-22)28(37)23-5-6-23/h1-4,15-16,22-23,26,36H,5-14,17-20H2/t26-/m1/s1. The first-order valence-corrected chi connectivity index (χ1v) is 14.1. The van der Waals surface area contributed by atoms with Crippen LogP contribution < -0.4 is 0 Å². The number of benzene rings is 1. The first-order valence-electron chi connectivity index (χ1n) is 14.1. The van der Waals surface area contributed by atoms with Crippen molar-refractivity contribution >= 4 is 11.9 Å². The van der Waals surface area contributed by atoms with Crippen LogP contribution in [0, 0.1) is 5.92 Å². The van der Waals surface area contributed by atoms with E-state index in [1.54, 1.807) is 16.0 Å². The van der Waals surface area contributed by atoms with Crippen LogP contribution >= 0.6 is 0 Å². The Bertz CT molecular complexity index is 1150. The molecule has 1 aliphatic carbocycles. The largest absolute Gasteiger partial charge is 0.390 e. The summed E-state index contributed by atoms with van der Waals surface area (Å²) < 4.78 is 0. The zero-order valence-corrected chi connectivity index (χ0v) is 22.0. The third-order valence-electron chi connectivity index (χ3n) is 8.52. The SMILES string of the molecule is O=C(C1CC1)N1CCC(c2cnc(CN3CCN(C[C@H](O)CN4CCc5ccccc5C4)C3=O)cn2)CC1. The summed E-state index contributed by atoms with van der Waals surface area (Å²) >= 11 is 0. The van der Waals surface area contributed by atoms with Crippen LogP contribution in [0.4, 0.5) is 4.79 Å². The van der Waals surface area contributed by atoms with Crippen molar-refractivity contribution in [2.75, 3.05) is 45.8 Å². The lowest BCUT2D eigenvalue weighted by atomic mass is 9.93. The molecule has 3 amide bonds. The van der Waals surface area contributed by atoms with Crippen LogP contribution in [0.25, 0.3) is 0 Å². The van der Waals surface area contributed by atoms with Crippen molar-refractivity contribution in [2.24, 2.45) is 5.92 Å². The molecular formula is C29H38N6O3. The number of rotatable bonds is 8. The van der Waals surface area contributed by atoms with Gasteiger partial charge >= 0.3 is 6.03 Å². The molecule has 4 aliphatic rings. The Balaban J connectivity index is 0.955. The van der Waals surface area contributed by atoms with Crippen LogP contribution in [0.2, 0.25) is 0 Å². The summed E-state index contributed by atoms with van der Waals surface area (Å²) in [6, 6.07) is 8.44. The fraction of sp³-hybridized carbons (Fsp3) is 0.586. The summed E-state index contributed by atoms with van der Waals surface area (Å²) in [5, 5.41) is 10.7. The van der Waals surface area contributed by atoms with Crippen LogP contribution in [0.1, 0.15) is 54.1 Å². The van der Waals surface area contributed by atoms with Crippen molar-refractivity contribution in [1.29, 1.82) is 0 Å². The number of carbonyl (C=O) groups is 2. The second-order valence-electron chi connectivity index (χ2n) is 11.4. The number of carbonyl (C=O) groups excluding carboxylic acids is 2. The summed E-state index contributed by atoms with van der Waals surface area (Å²) in [7, 11) is 0. The van der Waals surface area contributed by atoms with E-state index in [0.29, 0.717) is 44.5 Å². The fourth-order valence-corrected chi connectivity index (χ4v) is 6.11. The number of aliphatic hydroxyl groups is 1. The molecule has 1 aromatic heterocycles. The first-order chi connectivity index (χ1) is 18.5. The molecule has 1 N–H and O–H groups in total. The monoisotopic (exact) mass is 518 g/mol. The maximum atomic E-state index is 13.0. The quantitative estimate of drug-likeness (QED) is 0.576. The molecule has 1 saturated carbocycles. The van der Waals surface area contributed by atoms with Crippen LogP contribution in [0.5, 0.6) is 0 Å². The number of nitrogens with zero attached hydrogens (tertiary/aromatic N) is 6. The maximum Gasteiger partial charge on any atom is 0.320 e. The second kappa shape index (κ2) is 11.0. The molecular weight excluding hydrogens is 480 g/mol. The van der Waals surface area contributed by atoms with Crippen LogP contribution in [-0.2, 0) is 24.3 Å². The van der Waals surface area contributed by atoms with E-state index in [1.807, 2.05) is 11.1 Å². The normalized spacial score (nSPS) is 21.6. The predicted octanol–water partition coefficient (Wildman–Crippen LogP) is 2.25. The van der Waals surface area contributed by atoms with Gasteiger partial charge in [-0.1, -0.05) is 24.3 Å². The van der Waals surface area contributed by atoms with Crippen molar-refractivity contribution in [1.82, 2.24) is 29.6 Å². The number of β-amino-alcohol motifs (C(OH)–C–C–N with tert-alkyl or cyclic N) is 1. The molecule has 1 aromatic carbocycles. The van der Waals surface area contributed by atoms with E-state index in [0.717, 1.165) is 69.7 Å². The van der Waals surface area contributed by atoms with Gasteiger partial charge in [-0.3, -0.25) is 19.7 Å². The molecule has 6 rings (SSSR count). The number of urea groups is 1. The molecule has 9 nitrogen and oxygen atoms in total. The predicted molar refractivity (Wildman–Crippen MR) is 142 cm³/mol. The Morgan fingerprint density at radius 3 is 2.42 bits per heavy atom. The van der Waals surface area contributed by atoms with Crippen LogP contribution in [-0.4, -0.2) is 98.5 Å². The van der Waals surface area contributed by atoms with Gasteiger partial charge in [-0.2, -0.15) is 0 Å². The Morgan fingerprint density at radius 2 is 1.68 bits per heavy atom. The van der Waals surface area contributed by atoms with Crippen molar-refractivity contribution in [3.05, 3.63) is 59.2 Å². The minimum atomic E-state index is -0.575. The van der Waals surface area contributed by atoms with E-state index in [4.69, 9.17) is 0 Å². The summed E-state index contributed by atoms with van der Waals surface area (Å²) in [5.74, 6) is 0.948. The third-order valence-corrected chi connectivity index (χ3v) is 8.52. The number of likely N-dealkylation sites (tertiary alicyclic amines) is 1. The molecule has 202 valence electrons.